The van der Waals surface area contributed by atoms with E-state index in [0.29, 0.717) is 61.4 Å². The summed E-state index contributed by atoms with van der Waals surface area (Å²) < 4.78 is 36.8. The quantitative estimate of drug-likeness (QED) is 0.789. The molecule has 0 saturated carbocycles. The second-order valence-corrected chi connectivity index (χ2v) is 6.66. The number of ether oxygens (including phenoxy) is 2. The number of likely N-dealkylation sites (tertiary alicyclic amines) is 1. The third-order valence-electron chi connectivity index (χ3n) is 4.16. The SMILES string of the molecule is O=C(c1ccccc1SC(F)F)N1CCC2(CC1)OCCCO2. The van der Waals surface area contributed by atoms with Gasteiger partial charge in [-0.05, 0) is 18.6 Å². The Morgan fingerprint density at radius 1 is 1.17 bits per heavy atom. The van der Waals surface area contributed by atoms with E-state index in [0.717, 1.165) is 6.42 Å². The van der Waals surface area contributed by atoms with Crippen molar-refractivity contribution in [2.45, 2.75) is 35.7 Å². The summed E-state index contributed by atoms with van der Waals surface area (Å²) in [6.07, 6.45) is 2.12. The van der Waals surface area contributed by atoms with E-state index in [1.165, 1.54) is 0 Å². The maximum absolute atomic E-state index is 12.7. The van der Waals surface area contributed by atoms with Gasteiger partial charge in [0.1, 0.15) is 0 Å². The number of halogens is 2. The van der Waals surface area contributed by atoms with E-state index in [-0.39, 0.29) is 5.91 Å². The lowest BCUT2D eigenvalue weighted by atomic mass is 10.0. The Bertz CT molecular complexity index is 554. The molecule has 0 N–H and O–H groups in total. The first-order valence-electron chi connectivity index (χ1n) is 7.71. The number of thioether (sulfide) groups is 1. The van der Waals surface area contributed by atoms with Crippen molar-refractivity contribution >= 4 is 17.7 Å². The molecule has 1 aromatic carbocycles. The molecule has 126 valence electrons. The van der Waals surface area contributed by atoms with Crippen LogP contribution in [0, 0.1) is 0 Å². The zero-order valence-electron chi connectivity index (χ0n) is 12.7. The first kappa shape index (κ1) is 16.7. The van der Waals surface area contributed by atoms with Crippen LogP contribution in [0.2, 0.25) is 0 Å². The van der Waals surface area contributed by atoms with E-state index in [2.05, 4.69) is 0 Å². The minimum absolute atomic E-state index is 0.209. The molecule has 2 fully saturated rings. The van der Waals surface area contributed by atoms with Crippen molar-refractivity contribution in [3.63, 3.8) is 0 Å². The van der Waals surface area contributed by atoms with Gasteiger partial charge in [0.15, 0.2) is 5.79 Å². The Morgan fingerprint density at radius 2 is 1.83 bits per heavy atom. The zero-order valence-corrected chi connectivity index (χ0v) is 13.5. The van der Waals surface area contributed by atoms with Crippen LogP contribution in [0.15, 0.2) is 29.2 Å². The average molecular weight is 343 g/mol. The molecule has 4 nitrogen and oxygen atoms in total. The van der Waals surface area contributed by atoms with E-state index in [1.54, 1.807) is 29.2 Å². The Kier molecular flexibility index (Phi) is 5.18. The molecule has 2 saturated heterocycles. The van der Waals surface area contributed by atoms with Gasteiger partial charge in [-0.2, -0.15) is 8.78 Å². The highest BCUT2D eigenvalue weighted by atomic mass is 32.2. The maximum Gasteiger partial charge on any atom is 0.288 e. The van der Waals surface area contributed by atoms with Crippen LogP contribution in [0.4, 0.5) is 8.78 Å². The summed E-state index contributed by atoms with van der Waals surface area (Å²) in [6, 6.07) is 6.52. The van der Waals surface area contributed by atoms with Crippen LogP contribution in [0.1, 0.15) is 29.6 Å². The Labute approximate surface area is 138 Å². The van der Waals surface area contributed by atoms with Gasteiger partial charge in [0.2, 0.25) is 0 Å². The van der Waals surface area contributed by atoms with Crippen LogP contribution in [0.5, 0.6) is 0 Å². The summed E-state index contributed by atoms with van der Waals surface area (Å²) in [6.45, 7) is 2.38. The van der Waals surface area contributed by atoms with Gasteiger partial charge in [-0.1, -0.05) is 23.9 Å². The molecule has 0 bridgehead atoms. The van der Waals surface area contributed by atoms with Crippen LogP contribution in [-0.2, 0) is 9.47 Å². The van der Waals surface area contributed by atoms with Crippen LogP contribution in [-0.4, -0.2) is 48.7 Å². The van der Waals surface area contributed by atoms with Crippen molar-refractivity contribution in [1.82, 2.24) is 4.90 Å². The van der Waals surface area contributed by atoms with Crippen LogP contribution in [0.3, 0.4) is 0 Å². The number of carbonyl (C=O) groups is 1. The Balaban J connectivity index is 1.68. The van der Waals surface area contributed by atoms with Gasteiger partial charge >= 0.3 is 0 Å². The largest absolute Gasteiger partial charge is 0.350 e. The molecule has 2 heterocycles. The molecular weight excluding hydrogens is 324 g/mol. The molecule has 1 amide bonds. The highest BCUT2D eigenvalue weighted by molar-refractivity contribution is 7.99. The molecule has 23 heavy (non-hydrogen) atoms. The molecule has 0 aromatic heterocycles. The summed E-state index contributed by atoms with van der Waals surface area (Å²) in [7, 11) is 0. The molecule has 1 spiro atoms. The molecule has 0 atom stereocenters. The summed E-state index contributed by atoms with van der Waals surface area (Å²) >= 11 is 0.409. The minimum atomic E-state index is -2.54. The van der Waals surface area contributed by atoms with Crippen LogP contribution >= 0.6 is 11.8 Å². The molecule has 7 heteroatoms. The number of rotatable bonds is 3. The third-order valence-corrected chi connectivity index (χ3v) is 4.95. The van der Waals surface area contributed by atoms with Gasteiger partial charge in [-0.15, -0.1) is 0 Å². The number of benzene rings is 1. The zero-order chi connectivity index (χ0) is 16.3. The van der Waals surface area contributed by atoms with Gasteiger partial charge in [0.25, 0.3) is 11.7 Å². The predicted octanol–water partition coefficient (Wildman–Crippen LogP) is 3.37. The monoisotopic (exact) mass is 343 g/mol. The van der Waals surface area contributed by atoms with E-state index >= 15 is 0 Å². The number of alkyl halides is 2. The standard InChI is InChI=1S/C16H19F2NO3S/c17-15(18)23-13-5-2-1-4-12(13)14(20)19-8-6-16(7-9-19)21-10-3-11-22-16/h1-2,4-5,15H,3,6-11H2. The lowest BCUT2D eigenvalue weighted by Gasteiger charge is -2.43. The van der Waals surface area contributed by atoms with Gasteiger partial charge in [-0.25, -0.2) is 0 Å². The van der Waals surface area contributed by atoms with Crippen LogP contribution < -0.4 is 0 Å². The number of carbonyl (C=O) groups excluding carboxylic acids is 1. The lowest BCUT2D eigenvalue weighted by Crippen LogP contribution is -2.51. The van der Waals surface area contributed by atoms with E-state index in [4.69, 9.17) is 9.47 Å². The smallest absolute Gasteiger partial charge is 0.288 e. The first-order chi connectivity index (χ1) is 11.1. The summed E-state index contributed by atoms with van der Waals surface area (Å²) in [5, 5.41) is 0. The molecule has 0 radical (unpaired) electrons. The van der Waals surface area contributed by atoms with Crippen molar-refractivity contribution in [2.75, 3.05) is 26.3 Å². The molecule has 0 unspecified atom stereocenters. The predicted molar refractivity (Wildman–Crippen MR) is 82.7 cm³/mol. The fourth-order valence-electron chi connectivity index (χ4n) is 2.97. The molecular formula is C16H19F2NO3S. The topological polar surface area (TPSA) is 38.8 Å². The lowest BCUT2D eigenvalue weighted by molar-refractivity contribution is -0.281. The van der Waals surface area contributed by atoms with E-state index in [1.807, 2.05) is 0 Å². The van der Waals surface area contributed by atoms with E-state index in [9.17, 15) is 13.6 Å². The van der Waals surface area contributed by atoms with Crippen molar-refractivity contribution in [3.8, 4) is 0 Å². The molecule has 0 aliphatic carbocycles. The fraction of sp³-hybridized carbons (Fsp3) is 0.562. The number of piperidine rings is 1. The summed E-state index contributed by atoms with van der Waals surface area (Å²) in [5.74, 6) is -3.32. The minimum Gasteiger partial charge on any atom is -0.350 e. The summed E-state index contributed by atoms with van der Waals surface area (Å²) in [5.41, 5.74) is 0.333. The van der Waals surface area contributed by atoms with Crippen molar-refractivity contribution < 1.29 is 23.0 Å². The van der Waals surface area contributed by atoms with Gasteiger partial charge in [0.05, 0.1) is 18.8 Å². The van der Waals surface area contributed by atoms with Crippen molar-refractivity contribution in [1.29, 1.82) is 0 Å². The normalized spacial score (nSPS) is 20.9. The second-order valence-electron chi connectivity index (χ2n) is 5.63. The molecule has 2 aliphatic heterocycles. The first-order valence-corrected chi connectivity index (χ1v) is 8.59. The Morgan fingerprint density at radius 3 is 2.48 bits per heavy atom. The van der Waals surface area contributed by atoms with Gasteiger partial charge in [-0.3, -0.25) is 4.79 Å². The van der Waals surface area contributed by atoms with Crippen LogP contribution in [0.25, 0.3) is 0 Å². The summed E-state index contributed by atoms with van der Waals surface area (Å²) in [4.78, 5) is 14.7. The maximum atomic E-state index is 12.7. The number of hydrogen-bond acceptors (Lipinski definition) is 4. The molecule has 3 rings (SSSR count). The van der Waals surface area contributed by atoms with Crippen molar-refractivity contribution in [3.05, 3.63) is 29.8 Å². The van der Waals surface area contributed by atoms with Gasteiger partial charge in [0, 0.05) is 30.8 Å². The molecule has 2 aliphatic rings. The average Bonchev–Trinajstić information content (AvgIpc) is 2.56. The number of nitrogens with zero attached hydrogens (tertiary/aromatic N) is 1. The van der Waals surface area contributed by atoms with E-state index < -0.39 is 11.5 Å². The Hall–Kier alpha value is -1.18. The van der Waals surface area contributed by atoms with Crippen molar-refractivity contribution in [2.24, 2.45) is 0 Å². The molecule has 1 aromatic rings. The second kappa shape index (κ2) is 7.15. The number of hydrogen-bond donors (Lipinski definition) is 0. The van der Waals surface area contributed by atoms with Gasteiger partial charge < -0.3 is 14.4 Å². The highest BCUT2D eigenvalue weighted by Gasteiger charge is 2.39. The highest BCUT2D eigenvalue weighted by Crippen LogP contribution is 2.33. The number of amides is 1. The fourth-order valence-corrected chi connectivity index (χ4v) is 3.60. The third kappa shape index (κ3) is 3.84.